The second-order valence-electron chi connectivity index (χ2n) is 3.81. The number of carbonyl (C=O) groups is 2. The van der Waals surface area contributed by atoms with Crippen molar-refractivity contribution in [3.05, 3.63) is 28.8 Å². The van der Waals surface area contributed by atoms with E-state index in [0.717, 1.165) is 12.0 Å². The lowest BCUT2D eigenvalue weighted by Gasteiger charge is -2.09. The fourth-order valence-corrected chi connectivity index (χ4v) is 1.67. The molecule has 1 rings (SSSR count). The average molecular weight is 301 g/mol. The Balaban J connectivity index is 2.37. The third kappa shape index (κ3) is 5.36. The van der Waals surface area contributed by atoms with Crippen LogP contribution >= 0.6 is 11.6 Å². The Kier molecular flexibility index (Phi) is 6.66. The molecule has 0 aromatic heterocycles. The van der Waals surface area contributed by atoms with Crippen LogP contribution in [0.3, 0.4) is 0 Å². The smallest absolute Gasteiger partial charge is 0.411 e. The van der Waals surface area contributed by atoms with Gasteiger partial charge in [-0.25, -0.2) is 9.59 Å². The Bertz CT molecular complexity index is 479. The molecule has 0 bridgehead atoms. The number of alkyl carbamates (subject to hydrolysis) is 1. The van der Waals surface area contributed by atoms with Gasteiger partial charge >= 0.3 is 12.2 Å². The predicted molar refractivity (Wildman–Crippen MR) is 76.2 cm³/mol. The largest absolute Gasteiger partial charge is 0.446 e. The zero-order chi connectivity index (χ0) is 15.0. The van der Waals surface area contributed by atoms with Crippen molar-refractivity contribution in [2.24, 2.45) is 0 Å². The summed E-state index contributed by atoms with van der Waals surface area (Å²) in [5, 5.41) is 5.51. The van der Waals surface area contributed by atoms with Gasteiger partial charge in [-0.15, -0.1) is 0 Å². The Morgan fingerprint density at radius 2 is 1.85 bits per heavy atom. The van der Waals surface area contributed by atoms with Gasteiger partial charge in [0.25, 0.3) is 0 Å². The number of nitrogens with one attached hydrogen (secondary N) is 2. The van der Waals surface area contributed by atoms with E-state index in [1.807, 2.05) is 6.92 Å². The number of amides is 2. The number of benzene rings is 1. The summed E-state index contributed by atoms with van der Waals surface area (Å²) in [7, 11) is 1.45. The van der Waals surface area contributed by atoms with E-state index in [9.17, 15) is 9.59 Å². The van der Waals surface area contributed by atoms with E-state index in [-0.39, 0.29) is 13.2 Å². The van der Waals surface area contributed by atoms with Gasteiger partial charge in [0.15, 0.2) is 0 Å². The maximum Gasteiger partial charge on any atom is 0.411 e. The Morgan fingerprint density at radius 1 is 1.20 bits per heavy atom. The maximum atomic E-state index is 11.5. The van der Waals surface area contributed by atoms with Crippen molar-refractivity contribution < 1.29 is 19.1 Å². The predicted octanol–water partition coefficient (Wildman–Crippen LogP) is 2.81. The van der Waals surface area contributed by atoms with Crippen LogP contribution in [0.2, 0.25) is 5.02 Å². The molecule has 7 heteroatoms. The molecule has 2 N–H and O–H groups in total. The molecule has 0 aliphatic rings. The third-order valence-corrected chi connectivity index (χ3v) is 2.80. The van der Waals surface area contributed by atoms with Crippen molar-refractivity contribution >= 4 is 29.5 Å². The normalized spacial score (nSPS) is 9.75. The van der Waals surface area contributed by atoms with Gasteiger partial charge in [-0.3, -0.25) is 5.32 Å². The van der Waals surface area contributed by atoms with Crippen LogP contribution in [0.4, 0.5) is 15.3 Å². The molecule has 1 aromatic rings. The highest BCUT2D eigenvalue weighted by molar-refractivity contribution is 6.31. The summed E-state index contributed by atoms with van der Waals surface area (Å²) in [5.74, 6) is 0. The highest BCUT2D eigenvalue weighted by atomic mass is 35.5. The fraction of sp³-hybridized carbons (Fsp3) is 0.385. The molecule has 0 atom stereocenters. The lowest BCUT2D eigenvalue weighted by atomic mass is 10.1. The lowest BCUT2D eigenvalue weighted by molar-refractivity contribution is 0.103. The highest BCUT2D eigenvalue weighted by Crippen LogP contribution is 2.21. The number of anilines is 1. The topological polar surface area (TPSA) is 76.7 Å². The van der Waals surface area contributed by atoms with Crippen molar-refractivity contribution in [1.82, 2.24) is 5.32 Å². The zero-order valence-corrected chi connectivity index (χ0v) is 12.1. The van der Waals surface area contributed by atoms with Gasteiger partial charge in [0.1, 0.15) is 13.2 Å². The van der Waals surface area contributed by atoms with Gasteiger partial charge in [0, 0.05) is 17.8 Å². The molecule has 0 fully saturated rings. The molecule has 0 radical (unpaired) electrons. The van der Waals surface area contributed by atoms with Crippen molar-refractivity contribution in [1.29, 1.82) is 0 Å². The molecular weight excluding hydrogens is 284 g/mol. The standard InChI is InChI=1S/C13H17ClN2O4/c1-3-9-8-10(4-5-11(9)14)16-13(18)20-7-6-19-12(17)15-2/h4-5,8H,3,6-7H2,1-2H3,(H,15,17)(H,16,18). The minimum Gasteiger partial charge on any atom is -0.446 e. The molecule has 0 aliphatic carbocycles. The summed E-state index contributed by atoms with van der Waals surface area (Å²) in [4.78, 5) is 22.2. The van der Waals surface area contributed by atoms with Gasteiger partial charge in [0.2, 0.25) is 0 Å². The molecule has 0 unspecified atom stereocenters. The SMILES string of the molecule is CCc1cc(NC(=O)OCCOC(=O)NC)ccc1Cl. The number of carbonyl (C=O) groups excluding carboxylic acids is 2. The zero-order valence-electron chi connectivity index (χ0n) is 11.4. The first-order valence-corrected chi connectivity index (χ1v) is 6.51. The number of aryl methyl sites for hydroxylation is 1. The number of ether oxygens (including phenoxy) is 2. The summed E-state index contributed by atoms with van der Waals surface area (Å²) >= 11 is 5.98. The van der Waals surface area contributed by atoms with Crippen LogP contribution in [0.15, 0.2) is 18.2 Å². The van der Waals surface area contributed by atoms with Crippen LogP contribution in [0, 0.1) is 0 Å². The minimum atomic E-state index is -0.616. The molecule has 20 heavy (non-hydrogen) atoms. The molecule has 0 aliphatic heterocycles. The molecule has 0 heterocycles. The second-order valence-corrected chi connectivity index (χ2v) is 4.21. The fourth-order valence-electron chi connectivity index (χ4n) is 1.42. The molecule has 110 valence electrons. The van der Waals surface area contributed by atoms with Crippen LogP contribution in [0.1, 0.15) is 12.5 Å². The molecule has 0 saturated carbocycles. The Hall–Kier alpha value is -1.95. The summed E-state index contributed by atoms with van der Waals surface area (Å²) in [5.41, 5.74) is 1.54. The number of halogens is 1. The molecular formula is C13H17ClN2O4. The molecule has 0 spiro atoms. The molecule has 1 aromatic carbocycles. The lowest BCUT2D eigenvalue weighted by Crippen LogP contribution is -2.23. The number of rotatable bonds is 5. The molecule has 6 nitrogen and oxygen atoms in total. The monoisotopic (exact) mass is 300 g/mol. The van der Waals surface area contributed by atoms with E-state index in [1.54, 1.807) is 18.2 Å². The Morgan fingerprint density at radius 3 is 2.45 bits per heavy atom. The van der Waals surface area contributed by atoms with Crippen LogP contribution < -0.4 is 10.6 Å². The van der Waals surface area contributed by atoms with Crippen molar-refractivity contribution in [3.63, 3.8) is 0 Å². The summed E-state index contributed by atoms with van der Waals surface area (Å²) < 4.78 is 9.53. The van der Waals surface area contributed by atoms with Crippen molar-refractivity contribution in [2.75, 3.05) is 25.6 Å². The van der Waals surface area contributed by atoms with Crippen LogP contribution in [-0.4, -0.2) is 32.4 Å². The van der Waals surface area contributed by atoms with Crippen molar-refractivity contribution in [3.8, 4) is 0 Å². The van der Waals surface area contributed by atoms with Crippen LogP contribution in [0.5, 0.6) is 0 Å². The van der Waals surface area contributed by atoms with E-state index < -0.39 is 12.2 Å². The van der Waals surface area contributed by atoms with Gasteiger partial charge in [0.05, 0.1) is 0 Å². The van der Waals surface area contributed by atoms with Gasteiger partial charge in [-0.1, -0.05) is 18.5 Å². The van der Waals surface area contributed by atoms with Crippen LogP contribution in [0.25, 0.3) is 0 Å². The van der Waals surface area contributed by atoms with E-state index >= 15 is 0 Å². The van der Waals surface area contributed by atoms with E-state index in [2.05, 4.69) is 15.4 Å². The number of hydrogen-bond donors (Lipinski definition) is 2. The third-order valence-electron chi connectivity index (χ3n) is 2.43. The first kappa shape index (κ1) is 16.1. The molecule has 0 saturated heterocycles. The van der Waals surface area contributed by atoms with Gasteiger partial charge in [-0.2, -0.15) is 0 Å². The first-order chi connectivity index (χ1) is 9.56. The van der Waals surface area contributed by atoms with Gasteiger partial charge in [-0.05, 0) is 30.2 Å². The van der Waals surface area contributed by atoms with Gasteiger partial charge < -0.3 is 14.8 Å². The van der Waals surface area contributed by atoms with E-state index in [0.29, 0.717) is 10.7 Å². The maximum absolute atomic E-state index is 11.5. The Labute approximate surface area is 122 Å². The summed E-state index contributed by atoms with van der Waals surface area (Å²) in [6.45, 7) is 1.95. The minimum absolute atomic E-state index is 0.00603. The van der Waals surface area contributed by atoms with Crippen LogP contribution in [-0.2, 0) is 15.9 Å². The second kappa shape index (κ2) is 8.27. The number of hydrogen-bond acceptors (Lipinski definition) is 4. The summed E-state index contributed by atoms with van der Waals surface area (Å²) in [6, 6.07) is 5.18. The first-order valence-electron chi connectivity index (χ1n) is 6.13. The highest BCUT2D eigenvalue weighted by Gasteiger charge is 2.06. The summed E-state index contributed by atoms with van der Waals surface area (Å²) in [6.07, 6.45) is -0.419. The molecule has 2 amide bonds. The average Bonchev–Trinajstić information content (AvgIpc) is 2.45. The quantitative estimate of drug-likeness (QED) is 0.820. The van der Waals surface area contributed by atoms with E-state index in [1.165, 1.54) is 7.05 Å². The van der Waals surface area contributed by atoms with Crippen molar-refractivity contribution in [2.45, 2.75) is 13.3 Å². The van der Waals surface area contributed by atoms with E-state index in [4.69, 9.17) is 16.3 Å².